The molecule has 2 atom stereocenters. The number of nitrogens with zero attached hydrogens (tertiary/aromatic N) is 3. The fraction of sp³-hybridized carbons (Fsp3) is 0.350. The number of carbonyl (C=O) groups excluding carboxylic acids is 2. The van der Waals surface area contributed by atoms with Crippen molar-refractivity contribution >= 4 is 11.8 Å². The maximum absolute atomic E-state index is 13.4. The second kappa shape index (κ2) is 7.44. The highest BCUT2D eigenvalue weighted by Crippen LogP contribution is 2.26. The maximum Gasteiger partial charge on any atom is 0.255 e. The van der Waals surface area contributed by atoms with E-state index in [2.05, 4.69) is 4.98 Å². The van der Waals surface area contributed by atoms with Crippen LogP contribution in [0.4, 0.5) is 4.39 Å². The zero-order valence-electron chi connectivity index (χ0n) is 14.8. The second-order valence-electron chi connectivity index (χ2n) is 6.84. The Balaban J connectivity index is 1.55. The van der Waals surface area contributed by atoms with Crippen molar-refractivity contribution in [2.75, 3.05) is 19.7 Å². The first-order valence-electron chi connectivity index (χ1n) is 8.96. The number of likely N-dealkylation sites (tertiary alicyclic amines) is 1. The van der Waals surface area contributed by atoms with Crippen LogP contribution in [0.2, 0.25) is 0 Å². The molecule has 0 aliphatic carbocycles. The van der Waals surface area contributed by atoms with Crippen molar-refractivity contribution in [3.8, 4) is 0 Å². The molecule has 2 amide bonds. The zero-order chi connectivity index (χ0) is 18.8. The van der Waals surface area contributed by atoms with Gasteiger partial charge in [0.15, 0.2) is 0 Å². The third-order valence-electron chi connectivity index (χ3n) is 5.04. The van der Waals surface area contributed by atoms with Crippen LogP contribution < -0.4 is 0 Å². The number of fused-ring (bicyclic) bond motifs is 1. The zero-order valence-corrected chi connectivity index (χ0v) is 14.8. The molecule has 0 N–H and O–H groups in total. The lowest BCUT2D eigenvalue weighted by molar-refractivity contribution is -0.133. The van der Waals surface area contributed by atoms with E-state index in [0.29, 0.717) is 32.7 Å². The van der Waals surface area contributed by atoms with Crippen molar-refractivity contribution < 1.29 is 18.7 Å². The van der Waals surface area contributed by atoms with Crippen molar-refractivity contribution in [2.45, 2.75) is 25.1 Å². The highest BCUT2D eigenvalue weighted by atomic mass is 19.1. The smallest absolute Gasteiger partial charge is 0.255 e. The van der Waals surface area contributed by atoms with Gasteiger partial charge in [0.05, 0.1) is 36.9 Å². The first kappa shape index (κ1) is 17.6. The summed E-state index contributed by atoms with van der Waals surface area (Å²) in [7, 11) is 0. The van der Waals surface area contributed by atoms with E-state index in [1.165, 1.54) is 12.3 Å². The van der Waals surface area contributed by atoms with Crippen LogP contribution in [0.3, 0.4) is 0 Å². The van der Waals surface area contributed by atoms with Gasteiger partial charge in [0.25, 0.3) is 5.91 Å². The molecule has 140 valence electrons. The Hall–Kier alpha value is -2.80. The van der Waals surface area contributed by atoms with Gasteiger partial charge in [0.1, 0.15) is 5.82 Å². The van der Waals surface area contributed by atoms with Crippen molar-refractivity contribution in [1.29, 1.82) is 0 Å². The predicted octanol–water partition coefficient (Wildman–Crippen LogP) is 1.86. The summed E-state index contributed by atoms with van der Waals surface area (Å²) in [6.07, 6.45) is 2.51. The van der Waals surface area contributed by atoms with Crippen LogP contribution in [0.1, 0.15) is 22.3 Å². The minimum Gasteiger partial charge on any atom is -0.374 e. The third-order valence-corrected chi connectivity index (χ3v) is 5.04. The molecule has 0 saturated carbocycles. The van der Waals surface area contributed by atoms with Crippen LogP contribution >= 0.6 is 0 Å². The number of rotatable bonds is 3. The largest absolute Gasteiger partial charge is 0.374 e. The third kappa shape index (κ3) is 3.68. The fourth-order valence-corrected chi connectivity index (χ4v) is 3.71. The van der Waals surface area contributed by atoms with Crippen molar-refractivity contribution in [3.63, 3.8) is 0 Å². The van der Waals surface area contributed by atoms with E-state index in [1.807, 2.05) is 35.2 Å². The molecule has 2 aromatic rings. The molecule has 1 aromatic carbocycles. The van der Waals surface area contributed by atoms with Gasteiger partial charge < -0.3 is 14.5 Å². The van der Waals surface area contributed by atoms with E-state index in [9.17, 15) is 14.0 Å². The van der Waals surface area contributed by atoms with Gasteiger partial charge >= 0.3 is 0 Å². The fourth-order valence-electron chi connectivity index (χ4n) is 3.71. The monoisotopic (exact) mass is 369 g/mol. The summed E-state index contributed by atoms with van der Waals surface area (Å²) in [6.45, 7) is 1.56. The van der Waals surface area contributed by atoms with E-state index < -0.39 is 5.82 Å². The van der Waals surface area contributed by atoms with Crippen molar-refractivity contribution in [3.05, 3.63) is 65.7 Å². The van der Waals surface area contributed by atoms with E-state index in [-0.39, 0.29) is 29.5 Å². The molecule has 0 spiro atoms. The number of hydrogen-bond donors (Lipinski definition) is 0. The molecule has 4 rings (SSSR count). The number of amides is 2. The van der Waals surface area contributed by atoms with Crippen LogP contribution in [-0.4, -0.2) is 58.4 Å². The molecule has 7 heteroatoms. The van der Waals surface area contributed by atoms with Gasteiger partial charge in [-0.3, -0.25) is 14.6 Å². The number of halogens is 1. The first-order valence-corrected chi connectivity index (χ1v) is 8.96. The van der Waals surface area contributed by atoms with Crippen LogP contribution in [0.5, 0.6) is 0 Å². The summed E-state index contributed by atoms with van der Waals surface area (Å²) in [5.74, 6) is -0.828. The Kier molecular flexibility index (Phi) is 4.85. The minimum atomic E-state index is -0.550. The van der Waals surface area contributed by atoms with Gasteiger partial charge in [-0.2, -0.15) is 0 Å². The van der Waals surface area contributed by atoms with Crippen LogP contribution in [-0.2, 0) is 16.1 Å². The van der Waals surface area contributed by atoms with E-state index in [4.69, 9.17) is 4.74 Å². The molecule has 2 fully saturated rings. The lowest BCUT2D eigenvalue weighted by Crippen LogP contribution is -2.45. The Morgan fingerprint density at radius 3 is 2.81 bits per heavy atom. The standard InChI is InChI=1S/C20H20FN3O3/c21-16-8-15(9-22-10-16)20(26)23-12-17-18(13-23)27-7-6-19(25)24(17)11-14-4-2-1-3-5-14/h1-5,8-10,17-18H,6-7,11-13H2/t17-,18-/m0/s1. The number of aromatic nitrogens is 1. The highest BCUT2D eigenvalue weighted by Gasteiger charge is 2.43. The average Bonchev–Trinajstić information content (AvgIpc) is 3.04. The molecular weight excluding hydrogens is 349 g/mol. The van der Waals surface area contributed by atoms with Gasteiger partial charge in [0, 0.05) is 25.8 Å². The van der Waals surface area contributed by atoms with E-state index in [1.54, 1.807) is 4.90 Å². The van der Waals surface area contributed by atoms with Crippen LogP contribution in [0.25, 0.3) is 0 Å². The Morgan fingerprint density at radius 2 is 2.04 bits per heavy atom. The molecular formula is C20H20FN3O3. The average molecular weight is 369 g/mol. The lowest BCUT2D eigenvalue weighted by Gasteiger charge is -2.29. The Bertz CT molecular complexity index is 845. The number of hydrogen-bond acceptors (Lipinski definition) is 4. The molecule has 2 saturated heterocycles. The summed E-state index contributed by atoms with van der Waals surface area (Å²) in [6, 6.07) is 10.7. The molecule has 27 heavy (non-hydrogen) atoms. The summed E-state index contributed by atoms with van der Waals surface area (Å²) in [4.78, 5) is 32.5. The Labute approximate surface area is 156 Å². The number of pyridine rings is 1. The van der Waals surface area contributed by atoms with E-state index in [0.717, 1.165) is 11.8 Å². The summed E-state index contributed by atoms with van der Waals surface area (Å²) in [5.41, 5.74) is 1.23. The van der Waals surface area contributed by atoms with Gasteiger partial charge in [-0.05, 0) is 11.6 Å². The molecule has 0 bridgehead atoms. The van der Waals surface area contributed by atoms with Crippen molar-refractivity contribution in [1.82, 2.24) is 14.8 Å². The van der Waals surface area contributed by atoms with Crippen molar-refractivity contribution in [2.24, 2.45) is 0 Å². The molecule has 0 radical (unpaired) electrons. The highest BCUT2D eigenvalue weighted by molar-refractivity contribution is 5.94. The van der Waals surface area contributed by atoms with E-state index >= 15 is 0 Å². The van der Waals surface area contributed by atoms with Crippen LogP contribution in [0.15, 0.2) is 48.8 Å². The van der Waals surface area contributed by atoms with Gasteiger partial charge in [-0.1, -0.05) is 30.3 Å². The molecule has 0 unspecified atom stereocenters. The topological polar surface area (TPSA) is 62.7 Å². The number of benzene rings is 1. The quantitative estimate of drug-likeness (QED) is 0.829. The normalized spacial score (nSPS) is 22.5. The summed E-state index contributed by atoms with van der Waals surface area (Å²) in [5, 5.41) is 0. The van der Waals surface area contributed by atoms with Crippen LogP contribution in [0, 0.1) is 5.82 Å². The molecule has 2 aliphatic rings. The summed E-state index contributed by atoms with van der Waals surface area (Å²) < 4.78 is 19.3. The Morgan fingerprint density at radius 1 is 1.22 bits per heavy atom. The second-order valence-corrected chi connectivity index (χ2v) is 6.84. The summed E-state index contributed by atoms with van der Waals surface area (Å²) >= 11 is 0. The lowest BCUT2D eigenvalue weighted by atomic mass is 10.1. The van der Waals surface area contributed by atoms with Gasteiger partial charge in [-0.25, -0.2) is 4.39 Å². The first-order chi connectivity index (χ1) is 13.1. The van der Waals surface area contributed by atoms with Gasteiger partial charge in [-0.15, -0.1) is 0 Å². The SMILES string of the molecule is O=C(c1cncc(F)c1)N1C[C@@H]2OCCC(=O)N(Cc3ccccc3)[C@H]2C1. The van der Waals surface area contributed by atoms with Gasteiger partial charge in [0.2, 0.25) is 5.91 Å². The number of ether oxygens (including phenoxy) is 1. The molecule has 2 aliphatic heterocycles. The predicted molar refractivity (Wildman–Crippen MR) is 95.2 cm³/mol. The molecule has 1 aromatic heterocycles. The maximum atomic E-state index is 13.4. The molecule has 3 heterocycles. The molecule has 6 nitrogen and oxygen atoms in total. The minimum absolute atomic E-state index is 0.0214. The number of carbonyl (C=O) groups is 2.